The van der Waals surface area contributed by atoms with E-state index < -0.39 is 0 Å². The lowest BCUT2D eigenvalue weighted by molar-refractivity contribution is 0.223. The highest BCUT2D eigenvalue weighted by molar-refractivity contribution is 5.91. The SMILES string of the molecule is COc1ccc(OC)c(NC(=O)N(C)CCc2ccc(OC)c(OC)c2)c1. The third kappa shape index (κ3) is 5.20. The Morgan fingerprint density at radius 1 is 0.889 bits per heavy atom. The van der Waals surface area contributed by atoms with Gasteiger partial charge in [-0.1, -0.05) is 6.07 Å². The molecule has 0 aliphatic carbocycles. The summed E-state index contributed by atoms with van der Waals surface area (Å²) in [4.78, 5) is 14.1. The van der Waals surface area contributed by atoms with Gasteiger partial charge in [-0.15, -0.1) is 0 Å². The fourth-order valence-corrected chi connectivity index (χ4v) is 2.56. The zero-order valence-electron chi connectivity index (χ0n) is 16.4. The summed E-state index contributed by atoms with van der Waals surface area (Å²) in [5.41, 5.74) is 1.60. The highest BCUT2D eigenvalue weighted by atomic mass is 16.5. The Kier molecular flexibility index (Phi) is 7.16. The van der Waals surface area contributed by atoms with Crippen LogP contribution in [0.1, 0.15) is 5.56 Å². The molecule has 2 aromatic rings. The molecular weight excluding hydrogens is 348 g/mol. The van der Waals surface area contributed by atoms with Crippen molar-refractivity contribution in [3.63, 3.8) is 0 Å². The normalized spacial score (nSPS) is 10.1. The van der Waals surface area contributed by atoms with Crippen molar-refractivity contribution in [3.05, 3.63) is 42.0 Å². The molecule has 0 atom stereocenters. The van der Waals surface area contributed by atoms with Crippen molar-refractivity contribution in [1.82, 2.24) is 4.90 Å². The molecule has 0 aliphatic heterocycles. The molecule has 27 heavy (non-hydrogen) atoms. The molecule has 2 rings (SSSR count). The fraction of sp³-hybridized carbons (Fsp3) is 0.350. The van der Waals surface area contributed by atoms with Crippen molar-refractivity contribution < 1.29 is 23.7 Å². The molecule has 0 radical (unpaired) electrons. The van der Waals surface area contributed by atoms with Gasteiger partial charge < -0.3 is 29.2 Å². The summed E-state index contributed by atoms with van der Waals surface area (Å²) in [6.45, 7) is 0.535. The molecule has 0 saturated heterocycles. The van der Waals surface area contributed by atoms with Gasteiger partial charge in [0.05, 0.1) is 34.1 Å². The summed E-state index contributed by atoms with van der Waals surface area (Å²) >= 11 is 0. The van der Waals surface area contributed by atoms with Crippen molar-refractivity contribution in [2.45, 2.75) is 6.42 Å². The van der Waals surface area contributed by atoms with Gasteiger partial charge in [-0.3, -0.25) is 0 Å². The Hall–Kier alpha value is -3.09. The summed E-state index contributed by atoms with van der Waals surface area (Å²) in [5, 5.41) is 2.85. The van der Waals surface area contributed by atoms with Gasteiger partial charge in [-0.05, 0) is 36.2 Å². The number of ether oxygens (including phenoxy) is 4. The van der Waals surface area contributed by atoms with Gasteiger partial charge in [-0.25, -0.2) is 4.79 Å². The van der Waals surface area contributed by atoms with Gasteiger partial charge in [-0.2, -0.15) is 0 Å². The van der Waals surface area contributed by atoms with Crippen LogP contribution in [-0.2, 0) is 6.42 Å². The number of hydrogen-bond donors (Lipinski definition) is 1. The summed E-state index contributed by atoms with van der Waals surface area (Å²) in [6, 6.07) is 10.7. The summed E-state index contributed by atoms with van der Waals surface area (Å²) < 4.78 is 21.0. The maximum absolute atomic E-state index is 12.5. The van der Waals surface area contributed by atoms with Gasteiger partial charge in [0, 0.05) is 19.7 Å². The quantitative estimate of drug-likeness (QED) is 0.767. The van der Waals surface area contributed by atoms with E-state index in [4.69, 9.17) is 18.9 Å². The van der Waals surface area contributed by atoms with Crippen LogP contribution in [0.5, 0.6) is 23.0 Å². The van der Waals surface area contributed by atoms with Crippen LogP contribution in [0, 0.1) is 0 Å². The zero-order chi connectivity index (χ0) is 19.8. The van der Waals surface area contributed by atoms with Gasteiger partial charge in [0.1, 0.15) is 11.5 Å². The Labute approximate surface area is 159 Å². The second kappa shape index (κ2) is 9.56. The molecule has 0 unspecified atom stereocenters. The van der Waals surface area contributed by atoms with E-state index in [2.05, 4.69) is 5.32 Å². The maximum Gasteiger partial charge on any atom is 0.321 e. The lowest BCUT2D eigenvalue weighted by atomic mass is 10.1. The first-order valence-electron chi connectivity index (χ1n) is 8.47. The van der Waals surface area contributed by atoms with Crippen LogP contribution in [0.2, 0.25) is 0 Å². The number of methoxy groups -OCH3 is 4. The monoisotopic (exact) mass is 374 g/mol. The van der Waals surface area contributed by atoms with E-state index in [0.29, 0.717) is 41.7 Å². The topological polar surface area (TPSA) is 69.3 Å². The Balaban J connectivity index is 2.00. The third-order valence-corrected chi connectivity index (χ3v) is 4.18. The van der Waals surface area contributed by atoms with E-state index >= 15 is 0 Å². The number of carbonyl (C=O) groups is 1. The molecule has 146 valence electrons. The van der Waals surface area contributed by atoms with E-state index in [9.17, 15) is 4.79 Å². The number of rotatable bonds is 8. The molecule has 0 saturated carbocycles. The van der Waals surface area contributed by atoms with Gasteiger partial charge in [0.15, 0.2) is 11.5 Å². The number of hydrogen-bond acceptors (Lipinski definition) is 5. The van der Waals surface area contributed by atoms with Crippen LogP contribution in [0.3, 0.4) is 0 Å². The zero-order valence-corrected chi connectivity index (χ0v) is 16.4. The van der Waals surface area contributed by atoms with E-state index in [1.54, 1.807) is 58.6 Å². The molecule has 2 aromatic carbocycles. The van der Waals surface area contributed by atoms with Crippen molar-refractivity contribution in [1.29, 1.82) is 0 Å². The van der Waals surface area contributed by atoms with Gasteiger partial charge in [0.2, 0.25) is 0 Å². The fourth-order valence-electron chi connectivity index (χ4n) is 2.56. The predicted octanol–water partition coefficient (Wildman–Crippen LogP) is 3.43. The molecule has 0 aromatic heterocycles. The lowest BCUT2D eigenvalue weighted by Gasteiger charge is -2.19. The third-order valence-electron chi connectivity index (χ3n) is 4.18. The van der Waals surface area contributed by atoms with Crippen LogP contribution in [0.25, 0.3) is 0 Å². The summed E-state index contributed by atoms with van der Waals surface area (Å²) in [5.74, 6) is 2.55. The Morgan fingerprint density at radius 2 is 1.56 bits per heavy atom. The number of anilines is 1. The highest BCUT2D eigenvalue weighted by Gasteiger charge is 2.13. The first-order valence-corrected chi connectivity index (χ1v) is 8.47. The molecule has 0 fully saturated rings. The van der Waals surface area contributed by atoms with Crippen LogP contribution in [0.4, 0.5) is 10.5 Å². The Bertz CT molecular complexity index is 779. The number of nitrogens with one attached hydrogen (secondary N) is 1. The van der Waals surface area contributed by atoms with Crippen LogP contribution in [0.15, 0.2) is 36.4 Å². The predicted molar refractivity (Wildman–Crippen MR) is 104 cm³/mol. The number of likely N-dealkylation sites (N-methyl/N-ethyl adjacent to an activating group) is 1. The molecule has 7 nitrogen and oxygen atoms in total. The standard InChI is InChI=1S/C20H26N2O5/c1-22(11-10-14-6-8-18(26-4)19(12-14)27-5)20(23)21-16-13-15(24-2)7-9-17(16)25-3/h6-9,12-13H,10-11H2,1-5H3,(H,21,23). The minimum atomic E-state index is -0.234. The molecule has 0 spiro atoms. The number of nitrogens with zero attached hydrogens (tertiary/aromatic N) is 1. The smallest absolute Gasteiger partial charge is 0.321 e. The number of carbonyl (C=O) groups excluding carboxylic acids is 1. The van der Waals surface area contributed by atoms with Crippen molar-refractivity contribution in [3.8, 4) is 23.0 Å². The summed E-state index contributed by atoms with van der Waals surface area (Å²) in [6.07, 6.45) is 0.680. The van der Waals surface area contributed by atoms with Crippen LogP contribution in [-0.4, -0.2) is 53.0 Å². The van der Waals surface area contributed by atoms with Gasteiger partial charge in [0.25, 0.3) is 0 Å². The molecule has 0 aliphatic rings. The number of amides is 2. The van der Waals surface area contributed by atoms with Crippen molar-refractivity contribution in [2.75, 3.05) is 47.3 Å². The summed E-state index contributed by atoms with van der Waals surface area (Å²) in [7, 11) is 8.06. The van der Waals surface area contributed by atoms with E-state index in [1.807, 2.05) is 18.2 Å². The second-order valence-electron chi connectivity index (χ2n) is 5.86. The van der Waals surface area contributed by atoms with Crippen LogP contribution < -0.4 is 24.3 Å². The maximum atomic E-state index is 12.5. The second-order valence-corrected chi connectivity index (χ2v) is 5.86. The van der Waals surface area contributed by atoms with E-state index in [-0.39, 0.29) is 6.03 Å². The molecule has 7 heteroatoms. The largest absolute Gasteiger partial charge is 0.497 e. The van der Waals surface area contributed by atoms with Crippen LogP contribution >= 0.6 is 0 Å². The molecule has 0 heterocycles. The average Bonchev–Trinajstić information content (AvgIpc) is 2.71. The minimum absolute atomic E-state index is 0.234. The average molecular weight is 374 g/mol. The van der Waals surface area contributed by atoms with E-state index in [1.165, 1.54) is 0 Å². The number of urea groups is 1. The number of benzene rings is 2. The minimum Gasteiger partial charge on any atom is -0.497 e. The molecule has 2 amide bonds. The van der Waals surface area contributed by atoms with Gasteiger partial charge >= 0.3 is 6.03 Å². The molecule has 1 N–H and O–H groups in total. The Morgan fingerprint density at radius 3 is 2.19 bits per heavy atom. The highest BCUT2D eigenvalue weighted by Crippen LogP contribution is 2.29. The van der Waals surface area contributed by atoms with E-state index in [0.717, 1.165) is 5.56 Å². The first-order chi connectivity index (χ1) is 13.0. The van der Waals surface area contributed by atoms with Crippen molar-refractivity contribution in [2.24, 2.45) is 0 Å². The lowest BCUT2D eigenvalue weighted by Crippen LogP contribution is -2.33. The molecular formula is C20H26N2O5. The first kappa shape index (κ1) is 20.2. The van der Waals surface area contributed by atoms with Crippen molar-refractivity contribution >= 4 is 11.7 Å². The molecule has 0 bridgehead atoms.